The van der Waals surface area contributed by atoms with Crippen LogP contribution < -0.4 is 4.90 Å². The van der Waals surface area contributed by atoms with Gasteiger partial charge in [-0.1, -0.05) is 6.07 Å². The number of carbonyl (C=O) groups is 1. The molecule has 0 aliphatic carbocycles. The van der Waals surface area contributed by atoms with Gasteiger partial charge in [-0.15, -0.1) is 0 Å². The highest BCUT2D eigenvalue weighted by Crippen LogP contribution is 2.33. The van der Waals surface area contributed by atoms with Gasteiger partial charge in [0.05, 0.1) is 23.9 Å². The quantitative estimate of drug-likeness (QED) is 0.861. The van der Waals surface area contributed by atoms with Crippen molar-refractivity contribution in [2.24, 2.45) is 5.92 Å². The fourth-order valence-corrected chi connectivity index (χ4v) is 3.99. The van der Waals surface area contributed by atoms with E-state index >= 15 is 0 Å². The van der Waals surface area contributed by atoms with Crippen molar-refractivity contribution in [3.8, 4) is 0 Å². The van der Waals surface area contributed by atoms with Gasteiger partial charge < -0.3 is 9.80 Å². The predicted octanol–water partition coefficient (Wildman–Crippen LogP) is 2.45. The Balaban J connectivity index is 1.48. The molecule has 2 aromatic rings. The summed E-state index contributed by atoms with van der Waals surface area (Å²) in [6, 6.07) is 6.08. The zero-order valence-electron chi connectivity index (χ0n) is 14.3. The summed E-state index contributed by atoms with van der Waals surface area (Å²) < 4.78 is 0. The van der Waals surface area contributed by atoms with Crippen molar-refractivity contribution < 1.29 is 4.79 Å². The van der Waals surface area contributed by atoms with Crippen molar-refractivity contribution in [2.45, 2.75) is 31.7 Å². The van der Waals surface area contributed by atoms with Gasteiger partial charge in [0.15, 0.2) is 0 Å². The minimum absolute atomic E-state index is 0.0278. The van der Waals surface area contributed by atoms with E-state index in [9.17, 15) is 4.79 Å². The number of anilines is 1. The number of hydrogen-bond donors (Lipinski definition) is 0. The second kappa shape index (κ2) is 7.17. The molecule has 2 aromatic heterocycles. The van der Waals surface area contributed by atoms with E-state index in [4.69, 9.17) is 0 Å². The lowest BCUT2D eigenvalue weighted by molar-refractivity contribution is -0.136. The molecular formula is C19H23N5O. The summed E-state index contributed by atoms with van der Waals surface area (Å²) in [4.78, 5) is 30.4. The van der Waals surface area contributed by atoms with Crippen LogP contribution in [-0.2, 0) is 4.79 Å². The molecule has 130 valence electrons. The fraction of sp³-hybridized carbons (Fsp3) is 0.474. The summed E-state index contributed by atoms with van der Waals surface area (Å²) >= 11 is 0. The van der Waals surface area contributed by atoms with Gasteiger partial charge in [0.25, 0.3) is 0 Å². The molecule has 25 heavy (non-hydrogen) atoms. The second-order valence-electron chi connectivity index (χ2n) is 6.79. The molecule has 2 saturated heterocycles. The Kier molecular flexibility index (Phi) is 4.59. The molecule has 6 nitrogen and oxygen atoms in total. The van der Waals surface area contributed by atoms with E-state index < -0.39 is 0 Å². The van der Waals surface area contributed by atoms with E-state index in [1.807, 2.05) is 29.3 Å². The standard InChI is InChI=1S/C19H23N5O/c25-19(24-12-4-7-17(24)16-6-1-2-8-21-16)15-5-3-11-23(14-15)18-13-20-9-10-22-18/h1-2,6,8-10,13,15,17H,3-5,7,11-12,14H2/t15-,17+/m0/s1. The molecule has 2 aliphatic rings. The lowest BCUT2D eigenvalue weighted by Gasteiger charge is -2.36. The van der Waals surface area contributed by atoms with Crippen LogP contribution in [0.5, 0.6) is 0 Å². The van der Waals surface area contributed by atoms with Crippen molar-refractivity contribution in [1.82, 2.24) is 19.9 Å². The van der Waals surface area contributed by atoms with Crippen molar-refractivity contribution in [3.63, 3.8) is 0 Å². The third kappa shape index (κ3) is 3.34. The summed E-state index contributed by atoms with van der Waals surface area (Å²) in [5.41, 5.74) is 1.01. The predicted molar refractivity (Wildman–Crippen MR) is 94.9 cm³/mol. The summed E-state index contributed by atoms with van der Waals surface area (Å²) in [6.45, 7) is 2.50. The van der Waals surface area contributed by atoms with E-state index in [0.29, 0.717) is 0 Å². The van der Waals surface area contributed by atoms with E-state index in [1.165, 1.54) is 0 Å². The second-order valence-corrected chi connectivity index (χ2v) is 6.79. The Morgan fingerprint density at radius 1 is 1.04 bits per heavy atom. The van der Waals surface area contributed by atoms with Gasteiger partial charge >= 0.3 is 0 Å². The van der Waals surface area contributed by atoms with Crippen LogP contribution in [0.3, 0.4) is 0 Å². The highest BCUT2D eigenvalue weighted by Gasteiger charge is 2.36. The lowest BCUT2D eigenvalue weighted by atomic mass is 9.96. The zero-order chi connectivity index (χ0) is 17.1. The zero-order valence-corrected chi connectivity index (χ0v) is 14.3. The average Bonchev–Trinajstić information content (AvgIpc) is 3.19. The smallest absolute Gasteiger partial charge is 0.228 e. The molecule has 1 amide bonds. The first-order chi connectivity index (χ1) is 12.3. The van der Waals surface area contributed by atoms with Crippen molar-refractivity contribution in [2.75, 3.05) is 24.5 Å². The van der Waals surface area contributed by atoms with E-state index in [1.54, 1.807) is 18.6 Å². The Morgan fingerprint density at radius 3 is 2.76 bits per heavy atom. The highest BCUT2D eigenvalue weighted by atomic mass is 16.2. The van der Waals surface area contributed by atoms with E-state index in [2.05, 4.69) is 19.9 Å². The largest absolute Gasteiger partial charge is 0.355 e. The number of likely N-dealkylation sites (tertiary alicyclic amines) is 1. The van der Waals surface area contributed by atoms with Crippen LogP contribution in [0.1, 0.15) is 37.4 Å². The minimum Gasteiger partial charge on any atom is -0.355 e. The van der Waals surface area contributed by atoms with Crippen molar-refractivity contribution in [1.29, 1.82) is 0 Å². The molecule has 0 radical (unpaired) electrons. The average molecular weight is 337 g/mol. The van der Waals surface area contributed by atoms with Gasteiger partial charge in [-0.2, -0.15) is 0 Å². The number of pyridine rings is 1. The Morgan fingerprint density at radius 2 is 1.96 bits per heavy atom. The topological polar surface area (TPSA) is 62.2 Å². The molecule has 0 saturated carbocycles. The first-order valence-corrected chi connectivity index (χ1v) is 9.05. The summed E-state index contributed by atoms with van der Waals surface area (Å²) in [6.07, 6.45) is 11.0. The van der Waals surface area contributed by atoms with Gasteiger partial charge in [-0.25, -0.2) is 4.98 Å². The normalized spacial score (nSPS) is 23.7. The summed E-state index contributed by atoms with van der Waals surface area (Å²) in [5.74, 6) is 1.16. The molecule has 0 unspecified atom stereocenters. The molecule has 0 aromatic carbocycles. The Labute approximate surface area is 147 Å². The maximum atomic E-state index is 13.2. The number of nitrogens with zero attached hydrogens (tertiary/aromatic N) is 5. The van der Waals surface area contributed by atoms with Crippen LogP contribution in [-0.4, -0.2) is 45.4 Å². The maximum Gasteiger partial charge on any atom is 0.228 e. The number of rotatable bonds is 3. The van der Waals surface area contributed by atoms with Gasteiger partial charge in [0.2, 0.25) is 5.91 Å². The molecule has 0 spiro atoms. The fourth-order valence-electron chi connectivity index (χ4n) is 3.99. The number of aromatic nitrogens is 3. The number of carbonyl (C=O) groups excluding carboxylic acids is 1. The number of hydrogen-bond acceptors (Lipinski definition) is 5. The number of piperidine rings is 1. The third-order valence-corrected chi connectivity index (χ3v) is 5.21. The minimum atomic E-state index is 0.0278. The van der Waals surface area contributed by atoms with Crippen LogP contribution in [0.15, 0.2) is 43.0 Å². The molecule has 2 aliphatic heterocycles. The van der Waals surface area contributed by atoms with Crippen molar-refractivity contribution >= 4 is 11.7 Å². The van der Waals surface area contributed by atoms with Crippen LogP contribution >= 0.6 is 0 Å². The van der Waals surface area contributed by atoms with Gasteiger partial charge in [0, 0.05) is 38.2 Å². The maximum absolute atomic E-state index is 13.2. The SMILES string of the molecule is O=C([C@H]1CCCN(c2cnccn2)C1)N1CCC[C@@H]1c1ccccn1. The molecule has 0 bridgehead atoms. The first-order valence-electron chi connectivity index (χ1n) is 9.05. The lowest BCUT2D eigenvalue weighted by Crippen LogP contribution is -2.45. The Bertz CT molecular complexity index is 708. The van der Waals surface area contributed by atoms with Crippen LogP contribution in [0.4, 0.5) is 5.82 Å². The van der Waals surface area contributed by atoms with E-state index in [0.717, 1.165) is 56.8 Å². The number of amides is 1. The highest BCUT2D eigenvalue weighted by molar-refractivity contribution is 5.80. The molecule has 4 heterocycles. The van der Waals surface area contributed by atoms with Crippen LogP contribution in [0.2, 0.25) is 0 Å². The third-order valence-electron chi connectivity index (χ3n) is 5.21. The molecule has 4 rings (SSSR count). The van der Waals surface area contributed by atoms with Gasteiger partial charge in [0.1, 0.15) is 5.82 Å². The summed E-state index contributed by atoms with van der Waals surface area (Å²) in [5, 5.41) is 0. The molecule has 2 fully saturated rings. The monoisotopic (exact) mass is 337 g/mol. The van der Waals surface area contributed by atoms with Gasteiger partial charge in [-0.05, 0) is 37.8 Å². The van der Waals surface area contributed by atoms with Crippen LogP contribution in [0.25, 0.3) is 0 Å². The molecule has 2 atom stereocenters. The summed E-state index contributed by atoms with van der Waals surface area (Å²) in [7, 11) is 0. The van der Waals surface area contributed by atoms with Crippen molar-refractivity contribution in [3.05, 3.63) is 48.7 Å². The first kappa shape index (κ1) is 16.0. The Hall–Kier alpha value is -2.50. The molecule has 6 heteroatoms. The van der Waals surface area contributed by atoms with Gasteiger partial charge in [-0.3, -0.25) is 14.8 Å². The van der Waals surface area contributed by atoms with Crippen LogP contribution in [0, 0.1) is 5.92 Å². The van der Waals surface area contributed by atoms with E-state index in [-0.39, 0.29) is 17.9 Å². The molecule has 0 N–H and O–H groups in total. The molecular weight excluding hydrogens is 314 g/mol.